The fourth-order valence-corrected chi connectivity index (χ4v) is 2.55. The third-order valence-corrected chi connectivity index (χ3v) is 3.94. The largest absolute Gasteiger partial charge is 0.357 e. The van der Waals surface area contributed by atoms with Gasteiger partial charge in [0.05, 0.1) is 6.54 Å². The monoisotopic (exact) mass is 352 g/mol. The molecule has 0 radical (unpaired) electrons. The molecule has 0 aliphatic heterocycles. The number of benzene rings is 1. The lowest BCUT2D eigenvalue weighted by atomic mass is 10.2. The van der Waals surface area contributed by atoms with Crippen LogP contribution in [0, 0.1) is 0 Å². The Kier molecular flexibility index (Phi) is 5.97. The van der Waals surface area contributed by atoms with Crippen molar-refractivity contribution in [3.05, 3.63) is 66.3 Å². The molecule has 0 atom stereocenters. The molecule has 0 fully saturated rings. The predicted octanol–water partition coefficient (Wildman–Crippen LogP) is 1.32. The first kappa shape index (κ1) is 17.7. The number of aryl methyl sites for hydroxylation is 1. The van der Waals surface area contributed by atoms with Gasteiger partial charge >= 0.3 is 0 Å². The molecule has 26 heavy (non-hydrogen) atoms. The zero-order valence-electron chi connectivity index (χ0n) is 15.1. The van der Waals surface area contributed by atoms with Crippen molar-refractivity contribution in [2.45, 2.75) is 26.6 Å². The van der Waals surface area contributed by atoms with Crippen LogP contribution in [0.3, 0.4) is 0 Å². The van der Waals surface area contributed by atoms with Gasteiger partial charge in [-0.3, -0.25) is 4.68 Å². The van der Waals surface area contributed by atoms with Crippen LogP contribution in [0.2, 0.25) is 0 Å². The lowest BCUT2D eigenvalue weighted by Crippen LogP contribution is -2.37. The first-order valence-electron chi connectivity index (χ1n) is 8.65. The highest BCUT2D eigenvalue weighted by molar-refractivity contribution is 5.79. The number of aliphatic imine (C=N–C) groups is 1. The predicted molar refractivity (Wildman–Crippen MR) is 100 cm³/mol. The van der Waals surface area contributed by atoms with Crippen LogP contribution in [0.1, 0.15) is 24.1 Å². The van der Waals surface area contributed by atoms with E-state index in [4.69, 9.17) is 0 Å². The summed E-state index contributed by atoms with van der Waals surface area (Å²) in [7, 11) is 1.86. The van der Waals surface area contributed by atoms with Crippen LogP contribution in [0.4, 0.5) is 0 Å². The zero-order valence-corrected chi connectivity index (χ0v) is 15.1. The normalized spacial score (nSPS) is 11.5. The molecule has 3 aromatic rings. The molecule has 0 unspecified atom stereocenters. The Morgan fingerprint density at radius 2 is 1.96 bits per heavy atom. The first-order valence-corrected chi connectivity index (χ1v) is 8.65. The van der Waals surface area contributed by atoms with E-state index < -0.39 is 0 Å². The summed E-state index contributed by atoms with van der Waals surface area (Å²) >= 11 is 0. The molecule has 8 heteroatoms. The Labute approximate surface area is 153 Å². The molecule has 0 saturated heterocycles. The maximum Gasteiger partial charge on any atom is 0.192 e. The molecule has 0 amide bonds. The third-order valence-electron chi connectivity index (χ3n) is 3.94. The summed E-state index contributed by atoms with van der Waals surface area (Å²) in [5.74, 6) is 2.50. The van der Waals surface area contributed by atoms with Crippen molar-refractivity contribution >= 4 is 5.96 Å². The molecular formula is C18H24N8. The summed E-state index contributed by atoms with van der Waals surface area (Å²) in [6.07, 6.45) is 5.35. The molecule has 2 heterocycles. The van der Waals surface area contributed by atoms with Crippen molar-refractivity contribution in [2.24, 2.45) is 12.0 Å². The number of imidazole rings is 1. The minimum Gasteiger partial charge on any atom is -0.357 e. The minimum absolute atomic E-state index is 0.463. The molecule has 1 aromatic carbocycles. The SMILES string of the molecule is CCNC(=NCc1ncnn1C)NCc1nccn1Cc1ccccc1. The van der Waals surface area contributed by atoms with Gasteiger partial charge in [-0.15, -0.1) is 0 Å². The Morgan fingerprint density at radius 3 is 2.69 bits per heavy atom. The van der Waals surface area contributed by atoms with Crippen LogP contribution < -0.4 is 10.6 Å². The third kappa shape index (κ3) is 4.69. The molecular weight excluding hydrogens is 328 g/mol. The van der Waals surface area contributed by atoms with Gasteiger partial charge in [0.1, 0.15) is 24.5 Å². The minimum atomic E-state index is 0.463. The molecule has 0 saturated carbocycles. The van der Waals surface area contributed by atoms with Crippen molar-refractivity contribution in [1.82, 2.24) is 34.9 Å². The van der Waals surface area contributed by atoms with E-state index in [0.29, 0.717) is 13.1 Å². The maximum absolute atomic E-state index is 4.56. The highest BCUT2D eigenvalue weighted by Crippen LogP contribution is 2.05. The Bertz CT molecular complexity index is 834. The lowest BCUT2D eigenvalue weighted by molar-refractivity contribution is 0.679. The van der Waals surface area contributed by atoms with Gasteiger partial charge in [0.25, 0.3) is 0 Å². The van der Waals surface area contributed by atoms with Crippen LogP contribution in [0.5, 0.6) is 0 Å². The first-order chi connectivity index (χ1) is 12.8. The van der Waals surface area contributed by atoms with E-state index in [2.05, 4.69) is 47.4 Å². The van der Waals surface area contributed by atoms with E-state index in [1.165, 1.54) is 11.9 Å². The fraction of sp³-hybridized carbons (Fsp3) is 0.333. The maximum atomic E-state index is 4.56. The average molecular weight is 352 g/mol. The van der Waals surface area contributed by atoms with E-state index in [1.807, 2.05) is 44.6 Å². The van der Waals surface area contributed by atoms with Gasteiger partial charge in [-0.1, -0.05) is 30.3 Å². The summed E-state index contributed by atoms with van der Waals surface area (Å²) in [6.45, 7) is 4.66. The van der Waals surface area contributed by atoms with Crippen LogP contribution in [-0.2, 0) is 26.7 Å². The number of hydrogen-bond donors (Lipinski definition) is 2. The van der Waals surface area contributed by atoms with Gasteiger partial charge in [0.15, 0.2) is 5.96 Å². The number of rotatable bonds is 7. The Morgan fingerprint density at radius 1 is 1.12 bits per heavy atom. The van der Waals surface area contributed by atoms with Crippen molar-refractivity contribution in [3.8, 4) is 0 Å². The van der Waals surface area contributed by atoms with Gasteiger partial charge in [0.2, 0.25) is 0 Å². The lowest BCUT2D eigenvalue weighted by Gasteiger charge is -2.12. The molecule has 3 rings (SSSR count). The highest BCUT2D eigenvalue weighted by Gasteiger charge is 2.06. The van der Waals surface area contributed by atoms with Crippen LogP contribution in [-0.4, -0.2) is 36.8 Å². The summed E-state index contributed by atoms with van der Waals surface area (Å²) in [4.78, 5) is 13.2. The summed E-state index contributed by atoms with van der Waals surface area (Å²) in [5.41, 5.74) is 1.25. The van der Waals surface area contributed by atoms with Gasteiger partial charge < -0.3 is 15.2 Å². The smallest absolute Gasteiger partial charge is 0.192 e. The quantitative estimate of drug-likeness (QED) is 0.495. The number of nitrogens with zero attached hydrogens (tertiary/aromatic N) is 6. The van der Waals surface area contributed by atoms with Crippen molar-refractivity contribution in [1.29, 1.82) is 0 Å². The molecule has 8 nitrogen and oxygen atoms in total. The molecule has 0 aliphatic carbocycles. The molecule has 0 aliphatic rings. The van der Waals surface area contributed by atoms with Crippen molar-refractivity contribution < 1.29 is 0 Å². The Balaban J connectivity index is 1.62. The van der Waals surface area contributed by atoms with E-state index in [9.17, 15) is 0 Å². The van der Waals surface area contributed by atoms with Crippen LogP contribution in [0.25, 0.3) is 0 Å². The van der Waals surface area contributed by atoms with Crippen molar-refractivity contribution in [2.75, 3.05) is 6.54 Å². The van der Waals surface area contributed by atoms with Crippen LogP contribution in [0.15, 0.2) is 54.0 Å². The van der Waals surface area contributed by atoms with Gasteiger partial charge in [-0.2, -0.15) is 5.10 Å². The van der Waals surface area contributed by atoms with Crippen molar-refractivity contribution in [3.63, 3.8) is 0 Å². The number of aromatic nitrogens is 5. The molecule has 136 valence electrons. The number of nitrogens with one attached hydrogen (secondary N) is 2. The van der Waals surface area contributed by atoms with E-state index >= 15 is 0 Å². The Hall–Kier alpha value is -3.16. The molecule has 0 bridgehead atoms. The summed E-state index contributed by atoms with van der Waals surface area (Å²) < 4.78 is 3.86. The average Bonchev–Trinajstić information content (AvgIpc) is 3.27. The van der Waals surface area contributed by atoms with E-state index in [0.717, 1.165) is 30.7 Å². The standard InChI is InChI=1S/C18H24N8/c1-3-19-18(21-11-16-23-14-24-25(16)2)22-12-17-20-9-10-26(17)13-15-7-5-4-6-8-15/h4-10,14H,3,11-13H2,1-2H3,(H2,19,21,22). The van der Waals surface area contributed by atoms with Gasteiger partial charge in [-0.25, -0.2) is 15.0 Å². The van der Waals surface area contributed by atoms with Gasteiger partial charge in [0, 0.05) is 32.5 Å². The second kappa shape index (κ2) is 8.80. The summed E-state index contributed by atoms with van der Waals surface area (Å²) in [6, 6.07) is 10.3. The highest BCUT2D eigenvalue weighted by atomic mass is 15.3. The topological polar surface area (TPSA) is 84.9 Å². The number of hydrogen-bond acceptors (Lipinski definition) is 4. The molecule has 2 N–H and O–H groups in total. The summed E-state index contributed by atoms with van der Waals surface area (Å²) in [5, 5.41) is 10.6. The van der Waals surface area contributed by atoms with E-state index in [-0.39, 0.29) is 0 Å². The number of guanidine groups is 1. The van der Waals surface area contributed by atoms with Crippen LogP contribution >= 0.6 is 0 Å². The second-order valence-electron chi connectivity index (χ2n) is 5.81. The zero-order chi connectivity index (χ0) is 18.2. The van der Waals surface area contributed by atoms with E-state index in [1.54, 1.807) is 4.68 Å². The molecule has 0 spiro atoms. The second-order valence-corrected chi connectivity index (χ2v) is 5.81. The van der Waals surface area contributed by atoms with Gasteiger partial charge in [-0.05, 0) is 12.5 Å². The fourth-order valence-electron chi connectivity index (χ4n) is 2.55. The molecule has 2 aromatic heterocycles.